The Morgan fingerprint density at radius 2 is 2.22 bits per heavy atom. The molecule has 2 aromatic heterocycles. The number of nitrogens with zero attached hydrogens (tertiary/aromatic N) is 1. The SMILES string of the molecule is CNC(=O)C(C)NC(C)c1cnc2ccsc2c1. The third-order valence-corrected chi connectivity index (χ3v) is 3.82. The maximum absolute atomic E-state index is 11.5. The first-order valence-electron chi connectivity index (χ1n) is 5.92. The summed E-state index contributed by atoms with van der Waals surface area (Å²) in [5.74, 6) is -0.00740. The zero-order chi connectivity index (χ0) is 13.1. The predicted octanol–water partition coefficient (Wildman–Crippen LogP) is 2.08. The molecular weight excluding hydrogens is 246 g/mol. The number of rotatable bonds is 4. The summed E-state index contributed by atoms with van der Waals surface area (Å²) in [7, 11) is 1.64. The van der Waals surface area contributed by atoms with Crippen molar-refractivity contribution in [3.8, 4) is 0 Å². The Balaban J connectivity index is 2.12. The van der Waals surface area contributed by atoms with E-state index in [-0.39, 0.29) is 18.0 Å². The maximum Gasteiger partial charge on any atom is 0.236 e. The third-order valence-electron chi connectivity index (χ3n) is 2.96. The van der Waals surface area contributed by atoms with E-state index < -0.39 is 0 Å². The van der Waals surface area contributed by atoms with Crippen LogP contribution in [0.5, 0.6) is 0 Å². The molecule has 0 saturated carbocycles. The van der Waals surface area contributed by atoms with Crippen LogP contribution < -0.4 is 10.6 Å². The minimum absolute atomic E-state index is 0.00740. The Kier molecular flexibility index (Phi) is 3.93. The van der Waals surface area contributed by atoms with E-state index in [4.69, 9.17) is 0 Å². The van der Waals surface area contributed by atoms with Gasteiger partial charge in [0.25, 0.3) is 0 Å². The number of aromatic nitrogens is 1. The first-order chi connectivity index (χ1) is 8.61. The van der Waals surface area contributed by atoms with Gasteiger partial charge in [-0.05, 0) is 36.9 Å². The minimum Gasteiger partial charge on any atom is -0.358 e. The first kappa shape index (κ1) is 13.0. The van der Waals surface area contributed by atoms with E-state index >= 15 is 0 Å². The summed E-state index contributed by atoms with van der Waals surface area (Å²) in [6.45, 7) is 3.89. The van der Waals surface area contributed by atoms with Gasteiger partial charge in [0.1, 0.15) is 0 Å². The van der Waals surface area contributed by atoms with E-state index in [2.05, 4.69) is 21.7 Å². The summed E-state index contributed by atoms with van der Waals surface area (Å²) in [5, 5.41) is 7.92. The molecule has 0 aliphatic carbocycles. The molecule has 0 aliphatic heterocycles. The van der Waals surface area contributed by atoms with Gasteiger partial charge in [-0.1, -0.05) is 0 Å². The lowest BCUT2D eigenvalue weighted by atomic mass is 10.1. The highest BCUT2D eigenvalue weighted by Crippen LogP contribution is 2.22. The van der Waals surface area contributed by atoms with Gasteiger partial charge in [-0.2, -0.15) is 0 Å². The summed E-state index contributed by atoms with van der Waals surface area (Å²) in [5.41, 5.74) is 2.12. The van der Waals surface area contributed by atoms with Crippen LogP contribution in [0.3, 0.4) is 0 Å². The molecule has 5 heteroatoms. The number of hydrogen-bond donors (Lipinski definition) is 2. The van der Waals surface area contributed by atoms with Crippen molar-refractivity contribution in [2.24, 2.45) is 0 Å². The second-order valence-electron chi connectivity index (χ2n) is 4.30. The number of amides is 1. The lowest BCUT2D eigenvalue weighted by Crippen LogP contribution is -2.41. The van der Waals surface area contributed by atoms with E-state index in [1.807, 2.05) is 31.5 Å². The van der Waals surface area contributed by atoms with Crippen LogP contribution in [-0.2, 0) is 4.79 Å². The number of hydrogen-bond acceptors (Lipinski definition) is 4. The largest absolute Gasteiger partial charge is 0.358 e. The van der Waals surface area contributed by atoms with Crippen molar-refractivity contribution in [3.05, 3.63) is 29.3 Å². The van der Waals surface area contributed by atoms with Crippen LogP contribution in [0, 0.1) is 0 Å². The van der Waals surface area contributed by atoms with Gasteiger partial charge in [-0.25, -0.2) is 0 Å². The van der Waals surface area contributed by atoms with Crippen molar-refractivity contribution in [2.75, 3.05) is 7.05 Å². The number of nitrogens with one attached hydrogen (secondary N) is 2. The molecule has 2 atom stereocenters. The number of thiophene rings is 1. The lowest BCUT2D eigenvalue weighted by Gasteiger charge is -2.18. The number of fused-ring (bicyclic) bond motifs is 1. The molecule has 0 bridgehead atoms. The molecule has 2 rings (SSSR count). The van der Waals surface area contributed by atoms with Gasteiger partial charge in [0.05, 0.1) is 16.3 Å². The maximum atomic E-state index is 11.5. The van der Waals surface area contributed by atoms with Crippen LogP contribution in [0.4, 0.5) is 0 Å². The second-order valence-corrected chi connectivity index (χ2v) is 5.24. The molecule has 0 aliphatic rings. The molecule has 2 heterocycles. The number of pyridine rings is 1. The Bertz CT molecular complexity index is 552. The van der Waals surface area contributed by atoms with Gasteiger partial charge < -0.3 is 5.32 Å². The first-order valence-corrected chi connectivity index (χ1v) is 6.80. The molecule has 0 radical (unpaired) electrons. The van der Waals surface area contributed by atoms with E-state index in [9.17, 15) is 4.79 Å². The van der Waals surface area contributed by atoms with Gasteiger partial charge in [0.2, 0.25) is 5.91 Å². The quantitative estimate of drug-likeness (QED) is 0.888. The van der Waals surface area contributed by atoms with Gasteiger partial charge in [-0.15, -0.1) is 11.3 Å². The summed E-state index contributed by atoms with van der Waals surface area (Å²) >= 11 is 1.68. The van der Waals surface area contributed by atoms with Crippen molar-refractivity contribution in [1.29, 1.82) is 0 Å². The van der Waals surface area contributed by atoms with Gasteiger partial charge in [-0.3, -0.25) is 15.1 Å². The fourth-order valence-electron chi connectivity index (χ4n) is 1.86. The third kappa shape index (κ3) is 2.68. The van der Waals surface area contributed by atoms with E-state index in [0.29, 0.717) is 0 Å². The van der Waals surface area contributed by atoms with Crippen molar-refractivity contribution in [1.82, 2.24) is 15.6 Å². The highest BCUT2D eigenvalue weighted by atomic mass is 32.1. The molecule has 0 saturated heterocycles. The zero-order valence-corrected chi connectivity index (χ0v) is 11.5. The molecule has 18 heavy (non-hydrogen) atoms. The molecule has 1 amide bonds. The van der Waals surface area contributed by atoms with Crippen molar-refractivity contribution >= 4 is 27.5 Å². The molecule has 0 aromatic carbocycles. The Labute approximate surface area is 110 Å². The average Bonchev–Trinajstić information content (AvgIpc) is 2.84. The smallest absolute Gasteiger partial charge is 0.236 e. The topological polar surface area (TPSA) is 54.0 Å². The van der Waals surface area contributed by atoms with Gasteiger partial charge in [0, 0.05) is 19.3 Å². The second kappa shape index (κ2) is 5.46. The summed E-state index contributed by atoms with van der Waals surface area (Å²) in [6, 6.07) is 4.01. The van der Waals surface area contributed by atoms with E-state index in [1.165, 1.54) is 4.70 Å². The van der Waals surface area contributed by atoms with E-state index in [0.717, 1.165) is 11.1 Å². The van der Waals surface area contributed by atoms with Crippen molar-refractivity contribution < 1.29 is 4.79 Å². The predicted molar refractivity (Wildman–Crippen MR) is 74.7 cm³/mol. The molecule has 0 spiro atoms. The van der Waals surface area contributed by atoms with Crippen LogP contribution in [0.1, 0.15) is 25.5 Å². The monoisotopic (exact) mass is 263 g/mol. The fraction of sp³-hybridized carbons (Fsp3) is 0.385. The van der Waals surface area contributed by atoms with Crippen molar-refractivity contribution in [2.45, 2.75) is 25.9 Å². The Hall–Kier alpha value is -1.46. The fourth-order valence-corrected chi connectivity index (χ4v) is 2.65. The highest BCUT2D eigenvalue weighted by Gasteiger charge is 2.15. The van der Waals surface area contributed by atoms with Crippen molar-refractivity contribution in [3.63, 3.8) is 0 Å². The summed E-state index contributed by atoms with van der Waals surface area (Å²) < 4.78 is 1.17. The standard InChI is InChI=1S/C13H17N3OS/c1-8(16-9(2)13(17)14-3)10-6-12-11(15-7-10)4-5-18-12/h4-9,16H,1-3H3,(H,14,17). The molecule has 2 N–H and O–H groups in total. The van der Waals surface area contributed by atoms with Crippen LogP contribution in [0.25, 0.3) is 10.2 Å². The van der Waals surface area contributed by atoms with Crippen LogP contribution in [0.2, 0.25) is 0 Å². The summed E-state index contributed by atoms with van der Waals surface area (Å²) in [6.07, 6.45) is 1.86. The molecule has 0 fully saturated rings. The van der Waals surface area contributed by atoms with Gasteiger partial charge >= 0.3 is 0 Å². The summed E-state index contributed by atoms with van der Waals surface area (Å²) in [4.78, 5) is 15.9. The molecule has 96 valence electrons. The normalized spacial score (nSPS) is 14.4. The van der Waals surface area contributed by atoms with Crippen LogP contribution in [-0.4, -0.2) is 24.0 Å². The van der Waals surface area contributed by atoms with Gasteiger partial charge in [0.15, 0.2) is 0 Å². The average molecular weight is 263 g/mol. The number of carbonyl (C=O) groups is 1. The Morgan fingerprint density at radius 3 is 2.94 bits per heavy atom. The highest BCUT2D eigenvalue weighted by molar-refractivity contribution is 7.17. The van der Waals surface area contributed by atoms with Crippen LogP contribution in [0.15, 0.2) is 23.7 Å². The zero-order valence-electron chi connectivity index (χ0n) is 10.7. The number of carbonyl (C=O) groups excluding carboxylic acids is 1. The lowest BCUT2D eigenvalue weighted by molar-refractivity contribution is -0.122. The van der Waals surface area contributed by atoms with Crippen LogP contribution >= 0.6 is 11.3 Å². The molecule has 2 unspecified atom stereocenters. The minimum atomic E-state index is -0.218. The molecule has 2 aromatic rings. The van der Waals surface area contributed by atoms with E-state index in [1.54, 1.807) is 18.4 Å². The molecular formula is C13H17N3OS. The number of likely N-dealkylation sites (N-methyl/N-ethyl adjacent to an activating group) is 1. The Morgan fingerprint density at radius 1 is 1.44 bits per heavy atom. The molecule has 4 nitrogen and oxygen atoms in total.